The Kier molecular flexibility index (Phi) is 5.48. The number of nitrogens with one attached hydrogen (secondary N) is 1. The Morgan fingerprint density at radius 1 is 1.16 bits per heavy atom. The quantitative estimate of drug-likeness (QED) is 0.830. The monoisotopic (exact) mass is 388 g/mol. The lowest BCUT2D eigenvalue weighted by Crippen LogP contribution is -2.40. The smallest absolute Gasteiger partial charge is 0.209 e. The van der Waals surface area contributed by atoms with Gasteiger partial charge >= 0.3 is 0 Å². The minimum Gasteiger partial charge on any atom is -0.486 e. The zero-order valence-corrected chi connectivity index (χ0v) is 15.9. The van der Waals surface area contributed by atoms with Gasteiger partial charge in [0.1, 0.15) is 13.2 Å². The molecule has 0 bridgehead atoms. The first-order chi connectivity index (χ1) is 11.5. The molecule has 140 valence electrons. The third-order valence-corrected chi connectivity index (χ3v) is 5.78. The van der Waals surface area contributed by atoms with E-state index in [1.54, 1.807) is 0 Å². The SMILES string of the molecule is CS(=O)(=O)N[C@H]1CN(Cc2ccc3c(c2)OCCO3)C[C@@H]1C1CC1.Cl. The van der Waals surface area contributed by atoms with Gasteiger partial charge in [-0.05, 0) is 42.4 Å². The van der Waals surface area contributed by atoms with Crippen molar-refractivity contribution in [2.24, 2.45) is 11.8 Å². The molecule has 1 N–H and O–H groups in total. The molecule has 2 atom stereocenters. The van der Waals surface area contributed by atoms with Crippen LogP contribution < -0.4 is 14.2 Å². The van der Waals surface area contributed by atoms with Crippen LogP contribution in [-0.2, 0) is 16.6 Å². The first-order valence-corrected chi connectivity index (χ1v) is 10.5. The fourth-order valence-electron chi connectivity index (χ4n) is 3.89. The molecule has 1 saturated carbocycles. The van der Waals surface area contributed by atoms with Crippen LogP contribution in [0, 0.1) is 11.8 Å². The Labute approximate surface area is 155 Å². The van der Waals surface area contributed by atoms with E-state index >= 15 is 0 Å². The van der Waals surface area contributed by atoms with Gasteiger partial charge < -0.3 is 9.47 Å². The summed E-state index contributed by atoms with van der Waals surface area (Å²) in [4.78, 5) is 2.34. The van der Waals surface area contributed by atoms with Crippen molar-refractivity contribution >= 4 is 22.4 Å². The lowest BCUT2D eigenvalue weighted by Gasteiger charge is -2.21. The summed E-state index contributed by atoms with van der Waals surface area (Å²) in [5, 5.41) is 0. The second kappa shape index (κ2) is 7.31. The lowest BCUT2D eigenvalue weighted by atomic mass is 9.99. The van der Waals surface area contributed by atoms with Crippen LogP contribution in [0.5, 0.6) is 11.5 Å². The van der Waals surface area contributed by atoms with Gasteiger partial charge in [-0.1, -0.05) is 6.07 Å². The third-order valence-electron chi connectivity index (χ3n) is 5.05. The van der Waals surface area contributed by atoms with Gasteiger partial charge in [0.15, 0.2) is 11.5 Å². The number of benzene rings is 1. The molecular formula is C17H25ClN2O4S. The van der Waals surface area contributed by atoms with Crippen LogP contribution in [0.3, 0.4) is 0 Å². The van der Waals surface area contributed by atoms with E-state index in [0.29, 0.717) is 25.0 Å². The van der Waals surface area contributed by atoms with E-state index in [1.165, 1.54) is 24.7 Å². The van der Waals surface area contributed by atoms with E-state index in [-0.39, 0.29) is 18.4 Å². The van der Waals surface area contributed by atoms with Crippen LogP contribution in [-0.4, -0.2) is 51.9 Å². The van der Waals surface area contributed by atoms with Crippen LogP contribution >= 0.6 is 12.4 Å². The van der Waals surface area contributed by atoms with Crippen LogP contribution in [0.25, 0.3) is 0 Å². The molecule has 1 aromatic carbocycles. The highest BCUT2D eigenvalue weighted by atomic mass is 35.5. The average molecular weight is 389 g/mol. The molecule has 1 saturated heterocycles. The number of fused-ring (bicyclic) bond motifs is 1. The maximum Gasteiger partial charge on any atom is 0.209 e. The summed E-state index contributed by atoms with van der Waals surface area (Å²) in [6.45, 7) is 3.71. The summed E-state index contributed by atoms with van der Waals surface area (Å²) >= 11 is 0. The summed E-state index contributed by atoms with van der Waals surface area (Å²) in [5.74, 6) is 2.72. The summed E-state index contributed by atoms with van der Waals surface area (Å²) in [6, 6.07) is 6.10. The molecule has 25 heavy (non-hydrogen) atoms. The second-order valence-corrected chi connectivity index (χ2v) is 8.95. The molecule has 0 amide bonds. The van der Waals surface area contributed by atoms with Crippen molar-refractivity contribution in [3.8, 4) is 11.5 Å². The molecule has 2 heterocycles. The molecule has 1 aliphatic carbocycles. The second-order valence-electron chi connectivity index (χ2n) is 7.17. The predicted octanol–water partition coefficient (Wildman–Crippen LogP) is 1.64. The van der Waals surface area contributed by atoms with E-state index in [1.807, 2.05) is 12.1 Å². The summed E-state index contributed by atoms with van der Waals surface area (Å²) < 4.78 is 37.3. The Balaban J connectivity index is 0.00000182. The number of halogens is 1. The minimum atomic E-state index is -3.17. The minimum absolute atomic E-state index is 0. The predicted molar refractivity (Wildman–Crippen MR) is 97.9 cm³/mol. The van der Waals surface area contributed by atoms with E-state index in [0.717, 1.165) is 31.1 Å². The van der Waals surface area contributed by atoms with E-state index < -0.39 is 10.0 Å². The van der Waals surface area contributed by atoms with Crippen LogP contribution in [0.4, 0.5) is 0 Å². The number of rotatable bonds is 5. The molecule has 0 radical (unpaired) electrons. The van der Waals surface area contributed by atoms with Gasteiger partial charge in [0, 0.05) is 25.7 Å². The molecule has 0 aromatic heterocycles. The number of hydrogen-bond donors (Lipinski definition) is 1. The zero-order chi connectivity index (χ0) is 16.7. The highest BCUT2D eigenvalue weighted by Crippen LogP contribution is 2.42. The number of likely N-dealkylation sites (tertiary alicyclic amines) is 1. The fourth-order valence-corrected chi connectivity index (χ4v) is 4.69. The maximum atomic E-state index is 11.6. The first-order valence-electron chi connectivity index (χ1n) is 8.56. The molecule has 4 rings (SSSR count). The largest absolute Gasteiger partial charge is 0.486 e. The average Bonchev–Trinajstić information content (AvgIpc) is 3.29. The lowest BCUT2D eigenvalue weighted by molar-refractivity contribution is 0.171. The molecule has 2 fully saturated rings. The van der Waals surface area contributed by atoms with Gasteiger partial charge in [0.05, 0.1) is 6.26 Å². The van der Waals surface area contributed by atoms with Gasteiger partial charge in [0.25, 0.3) is 0 Å². The molecule has 1 aromatic rings. The van der Waals surface area contributed by atoms with Gasteiger partial charge in [0.2, 0.25) is 10.0 Å². The molecule has 6 nitrogen and oxygen atoms in total. The molecular weight excluding hydrogens is 364 g/mol. The number of hydrogen-bond acceptors (Lipinski definition) is 5. The van der Waals surface area contributed by atoms with Crippen LogP contribution in [0.1, 0.15) is 18.4 Å². The van der Waals surface area contributed by atoms with Crippen molar-refractivity contribution in [3.05, 3.63) is 23.8 Å². The van der Waals surface area contributed by atoms with Gasteiger partial charge in [-0.2, -0.15) is 0 Å². The zero-order valence-electron chi connectivity index (χ0n) is 14.3. The van der Waals surface area contributed by atoms with Crippen molar-refractivity contribution in [1.29, 1.82) is 0 Å². The molecule has 0 spiro atoms. The Bertz CT molecular complexity index is 723. The normalized spacial score (nSPS) is 26.3. The van der Waals surface area contributed by atoms with Gasteiger partial charge in [-0.25, -0.2) is 13.1 Å². The van der Waals surface area contributed by atoms with Crippen molar-refractivity contribution in [2.45, 2.75) is 25.4 Å². The summed E-state index contributed by atoms with van der Waals surface area (Å²) in [5.41, 5.74) is 1.17. The number of nitrogens with zero attached hydrogens (tertiary/aromatic N) is 1. The topological polar surface area (TPSA) is 67.9 Å². The molecule has 8 heteroatoms. The Morgan fingerprint density at radius 3 is 2.56 bits per heavy atom. The first kappa shape index (κ1) is 18.8. The third kappa shape index (κ3) is 4.58. The van der Waals surface area contributed by atoms with Crippen molar-refractivity contribution in [2.75, 3.05) is 32.6 Å². The van der Waals surface area contributed by atoms with E-state index in [4.69, 9.17) is 9.47 Å². The molecule has 0 unspecified atom stereocenters. The number of ether oxygens (including phenoxy) is 2. The standard InChI is InChI=1S/C17H24N2O4S.ClH/c1-24(20,21)18-15-11-19(10-14(15)13-3-4-13)9-12-2-5-16-17(8-12)23-7-6-22-16;/h2,5,8,13-15,18H,3-4,6-7,9-11H2,1H3;1H/t14-,15+;/m1./s1. The highest BCUT2D eigenvalue weighted by molar-refractivity contribution is 7.88. The summed E-state index contributed by atoms with van der Waals surface area (Å²) in [7, 11) is -3.17. The summed E-state index contributed by atoms with van der Waals surface area (Å²) in [6.07, 6.45) is 3.70. The van der Waals surface area contributed by atoms with Crippen LogP contribution in [0.15, 0.2) is 18.2 Å². The maximum absolute atomic E-state index is 11.6. The van der Waals surface area contributed by atoms with Gasteiger partial charge in [-0.15, -0.1) is 12.4 Å². The van der Waals surface area contributed by atoms with Crippen LogP contribution in [0.2, 0.25) is 0 Å². The van der Waals surface area contributed by atoms with E-state index in [9.17, 15) is 8.42 Å². The molecule has 2 aliphatic heterocycles. The Morgan fingerprint density at radius 2 is 1.88 bits per heavy atom. The van der Waals surface area contributed by atoms with E-state index in [2.05, 4.69) is 15.7 Å². The molecule has 3 aliphatic rings. The van der Waals surface area contributed by atoms with Crippen molar-refractivity contribution < 1.29 is 17.9 Å². The highest BCUT2D eigenvalue weighted by Gasteiger charge is 2.43. The Hall–Kier alpha value is -1.02. The van der Waals surface area contributed by atoms with Crippen molar-refractivity contribution in [3.63, 3.8) is 0 Å². The van der Waals surface area contributed by atoms with Gasteiger partial charge in [-0.3, -0.25) is 4.90 Å². The fraction of sp³-hybridized carbons (Fsp3) is 0.647. The van der Waals surface area contributed by atoms with Crippen molar-refractivity contribution in [1.82, 2.24) is 9.62 Å². The number of sulfonamides is 1.